The van der Waals surface area contributed by atoms with E-state index in [2.05, 4.69) is 16.0 Å². The highest BCUT2D eigenvalue weighted by atomic mass is 19.3. The molecule has 0 aliphatic carbocycles. The molecule has 2 aromatic heterocycles. The topological polar surface area (TPSA) is 31.9 Å². The highest BCUT2D eigenvalue weighted by molar-refractivity contribution is 5.91. The summed E-state index contributed by atoms with van der Waals surface area (Å²) in [4.78, 5) is 9.31. The van der Waals surface area contributed by atoms with Crippen molar-refractivity contribution in [1.82, 2.24) is 14.9 Å². The fraction of sp³-hybridized carbons (Fsp3) is 0.261. The molecule has 3 nitrogen and oxygen atoms in total. The molecule has 148 valence electrons. The number of fused-ring (bicyclic) bond motifs is 1. The van der Waals surface area contributed by atoms with Crippen LogP contribution < -0.4 is 0 Å². The average molecular weight is 395 g/mol. The van der Waals surface area contributed by atoms with Crippen LogP contribution in [-0.2, 0) is 0 Å². The molecular weight excluding hydrogens is 375 g/mol. The van der Waals surface area contributed by atoms with Gasteiger partial charge in [0.1, 0.15) is 5.82 Å². The fourth-order valence-electron chi connectivity index (χ4n) is 4.50. The van der Waals surface area contributed by atoms with E-state index in [1.807, 2.05) is 23.2 Å². The van der Waals surface area contributed by atoms with Gasteiger partial charge in [0.05, 0.1) is 12.2 Å². The van der Waals surface area contributed by atoms with E-state index in [1.54, 1.807) is 24.5 Å². The largest absolute Gasteiger partial charge is 0.360 e. The third kappa shape index (κ3) is 3.38. The first-order valence-electron chi connectivity index (χ1n) is 9.69. The fourth-order valence-corrected chi connectivity index (χ4v) is 4.50. The molecule has 29 heavy (non-hydrogen) atoms. The molecular formula is C23H20F3N3. The van der Waals surface area contributed by atoms with Crippen molar-refractivity contribution in [3.63, 3.8) is 0 Å². The number of pyridine rings is 1. The number of H-pyrrole nitrogens is 1. The van der Waals surface area contributed by atoms with E-state index in [4.69, 9.17) is 0 Å². The van der Waals surface area contributed by atoms with Crippen molar-refractivity contribution < 1.29 is 13.2 Å². The summed E-state index contributed by atoms with van der Waals surface area (Å²) in [6.07, 6.45) is 7.95. The lowest BCUT2D eigenvalue weighted by Gasteiger charge is -2.28. The molecule has 0 saturated carbocycles. The van der Waals surface area contributed by atoms with Gasteiger partial charge in [-0.2, -0.15) is 0 Å². The Morgan fingerprint density at radius 2 is 1.79 bits per heavy atom. The van der Waals surface area contributed by atoms with Crippen molar-refractivity contribution in [1.29, 1.82) is 0 Å². The van der Waals surface area contributed by atoms with Gasteiger partial charge in [-0.05, 0) is 59.5 Å². The van der Waals surface area contributed by atoms with Crippen LogP contribution in [0.25, 0.3) is 28.0 Å². The van der Waals surface area contributed by atoms with E-state index in [0.717, 1.165) is 33.5 Å². The van der Waals surface area contributed by atoms with Gasteiger partial charge in [0.25, 0.3) is 5.92 Å². The van der Waals surface area contributed by atoms with Crippen LogP contribution in [-0.4, -0.2) is 39.9 Å². The zero-order chi connectivity index (χ0) is 20.0. The van der Waals surface area contributed by atoms with Gasteiger partial charge < -0.3 is 4.98 Å². The molecule has 2 aliphatic heterocycles. The lowest BCUT2D eigenvalue weighted by atomic mass is 9.89. The van der Waals surface area contributed by atoms with Crippen molar-refractivity contribution in [3.05, 3.63) is 72.4 Å². The Bertz CT molecular complexity index is 1050. The molecule has 0 amide bonds. The molecule has 3 aromatic rings. The molecule has 1 N–H and O–H groups in total. The van der Waals surface area contributed by atoms with Gasteiger partial charge >= 0.3 is 0 Å². The van der Waals surface area contributed by atoms with Gasteiger partial charge in [0.2, 0.25) is 0 Å². The maximum absolute atomic E-state index is 13.9. The van der Waals surface area contributed by atoms with Crippen LogP contribution in [0.1, 0.15) is 18.4 Å². The van der Waals surface area contributed by atoms with E-state index in [9.17, 15) is 13.2 Å². The molecule has 1 fully saturated rings. The maximum Gasteiger partial charge on any atom is 0.262 e. The SMILES string of the molecule is Fc1ccc(-c2[nH]cc(C3=CCN4CC(F)(F)C[C@@H]4C3)c2-c2ccncc2)cc1. The highest BCUT2D eigenvalue weighted by Gasteiger charge is 2.45. The Morgan fingerprint density at radius 3 is 2.55 bits per heavy atom. The Morgan fingerprint density at radius 1 is 1.03 bits per heavy atom. The molecule has 4 heterocycles. The molecule has 1 atom stereocenters. The van der Waals surface area contributed by atoms with E-state index in [1.165, 1.54) is 12.1 Å². The van der Waals surface area contributed by atoms with Crippen LogP contribution in [0.5, 0.6) is 0 Å². The average Bonchev–Trinajstić information content (AvgIpc) is 3.28. The summed E-state index contributed by atoms with van der Waals surface area (Å²) >= 11 is 0. The number of nitrogens with zero attached hydrogens (tertiary/aromatic N) is 2. The standard InChI is InChI=1S/C23H20F3N3/c24-18-3-1-16(2-4-18)22-21(15-5-8-27-9-6-15)20(13-28-22)17-7-10-29-14-23(25,26)12-19(29)11-17/h1-9,13,19,28H,10-12,14H2/t19-/m0/s1. The number of aromatic amines is 1. The highest BCUT2D eigenvalue weighted by Crippen LogP contribution is 2.43. The summed E-state index contributed by atoms with van der Waals surface area (Å²) in [5.74, 6) is -2.90. The van der Waals surface area contributed by atoms with E-state index in [-0.39, 0.29) is 24.8 Å². The predicted molar refractivity (Wildman–Crippen MR) is 107 cm³/mol. The number of aromatic nitrogens is 2. The second-order valence-corrected chi connectivity index (χ2v) is 7.77. The maximum atomic E-state index is 13.9. The molecule has 6 heteroatoms. The van der Waals surface area contributed by atoms with Crippen LogP contribution >= 0.6 is 0 Å². The molecule has 2 aliphatic rings. The molecule has 1 saturated heterocycles. The molecule has 0 radical (unpaired) electrons. The van der Waals surface area contributed by atoms with Gasteiger partial charge in [-0.15, -0.1) is 0 Å². The van der Waals surface area contributed by atoms with Gasteiger partial charge in [-0.25, -0.2) is 13.2 Å². The van der Waals surface area contributed by atoms with Crippen molar-refractivity contribution in [3.8, 4) is 22.4 Å². The number of hydrogen-bond donors (Lipinski definition) is 1. The Labute approximate surface area is 166 Å². The Kier molecular flexibility index (Phi) is 4.32. The summed E-state index contributed by atoms with van der Waals surface area (Å²) in [5, 5.41) is 0. The summed E-state index contributed by atoms with van der Waals surface area (Å²) in [6, 6.07) is 10.1. The third-order valence-corrected chi connectivity index (χ3v) is 5.84. The van der Waals surface area contributed by atoms with Crippen molar-refractivity contribution in [2.45, 2.75) is 24.8 Å². The smallest absolute Gasteiger partial charge is 0.262 e. The number of rotatable bonds is 3. The number of nitrogens with one attached hydrogen (secondary N) is 1. The molecule has 0 bridgehead atoms. The summed E-state index contributed by atoms with van der Waals surface area (Å²) in [5.41, 5.74) is 5.80. The first kappa shape index (κ1) is 18.2. The predicted octanol–water partition coefficient (Wildman–Crippen LogP) is 5.38. The van der Waals surface area contributed by atoms with Crippen LogP contribution in [0.2, 0.25) is 0 Å². The third-order valence-electron chi connectivity index (χ3n) is 5.84. The number of hydrogen-bond acceptors (Lipinski definition) is 2. The number of benzene rings is 1. The van der Waals surface area contributed by atoms with Crippen LogP contribution in [0.15, 0.2) is 61.1 Å². The van der Waals surface area contributed by atoms with Crippen LogP contribution in [0, 0.1) is 5.82 Å². The molecule has 0 unspecified atom stereocenters. The quantitative estimate of drug-likeness (QED) is 0.646. The summed E-state index contributed by atoms with van der Waals surface area (Å²) in [6.45, 7) is 0.370. The number of alkyl halides is 2. The zero-order valence-electron chi connectivity index (χ0n) is 15.7. The minimum absolute atomic E-state index is 0.0931. The Hall–Kier alpha value is -2.86. The van der Waals surface area contributed by atoms with Gasteiger partial charge in [0.15, 0.2) is 0 Å². The second-order valence-electron chi connectivity index (χ2n) is 7.77. The van der Waals surface area contributed by atoms with Crippen molar-refractivity contribution in [2.75, 3.05) is 13.1 Å². The van der Waals surface area contributed by atoms with Crippen molar-refractivity contribution in [2.24, 2.45) is 0 Å². The minimum Gasteiger partial charge on any atom is -0.360 e. The van der Waals surface area contributed by atoms with E-state index < -0.39 is 5.92 Å². The summed E-state index contributed by atoms with van der Waals surface area (Å²) in [7, 11) is 0. The van der Waals surface area contributed by atoms with Crippen LogP contribution in [0.3, 0.4) is 0 Å². The molecule has 1 aromatic carbocycles. The van der Waals surface area contributed by atoms with Crippen molar-refractivity contribution >= 4 is 5.57 Å². The monoisotopic (exact) mass is 395 g/mol. The summed E-state index contributed by atoms with van der Waals surface area (Å²) < 4.78 is 41.2. The number of halogens is 3. The van der Waals surface area contributed by atoms with Gasteiger partial charge in [0, 0.05) is 48.7 Å². The lowest BCUT2D eigenvalue weighted by Crippen LogP contribution is -2.33. The lowest BCUT2D eigenvalue weighted by molar-refractivity contribution is 0.0131. The first-order valence-corrected chi connectivity index (χ1v) is 9.69. The minimum atomic E-state index is -2.61. The van der Waals surface area contributed by atoms with E-state index >= 15 is 0 Å². The zero-order valence-corrected chi connectivity index (χ0v) is 15.7. The van der Waals surface area contributed by atoms with E-state index in [0.29, 0.717) is 13.0 Å². The molecule has 5 rings (SSSR count). The first-order chi connectivity index (χ1) is 14.0. The Balaban J connectivity index is 1.58. The van der Waals surface area contributed by atoms with Gasteiger partial charge in [-0.3, -0.25) is 9.88 Å². The molecule has 0 spiro atoms. The second kappa shape index (κ2) is 6.88. The normalized spacial score (nSPS) is 21.1. The van der Waals surface area contributed by atoms with Crippen LogP contribution in [0.4, 0.5) is 13.2 Å². The van der Waals surface area contributed by atoms with Gasteiger partial charge in [-0.1, -0.05) is 6.08 Å².